The molecule has 1 amide bonds. The van der Waals surface area contributed by atoms with E-state index in [1.54, 1.807) is 0 Å². The van der Waals surface area contributed by atoms with Crippen LogP contribution in [0.25, 0.3) is 0 Å². The van der Waals surface area contributed by atoms with Crippen LogP contribution in [0.15, 0.2) is 10.2 Å². The topological polar surface area (TPSA) is 41.8 Å². The normalized spacial score (nSPS) is 14.5. The van der Waals surface area contributed by atoms with Crippen molar-refractivity contribution in [2.75, 3.05) is 34.2 Å². The molecule has 0 N–H and O–H groups in total. The molecule has 0 bridgehead atoms. The molecule has 0 rings (SSSR count). The van der Waals surface area contributed by atoms with Crippen molar-refractivity contribution in [3.63, 3.8) is 0 Å². The van der Waals surface area contributed by atoms with Gasteiger partial charge in [-0.3, -0.25) is 4.79 Å². The van der Waals surface area contributed by atoms with Gasteiger partial charge in [-0.25, -0.2) is 0 Å². The van der Waals surface area contributed by atoms with Crippen LogP contribution in [-0.4, -0.2) is 44.6 Å². The molecule has 4 nitrogen and oxygen atoms in total. The number of azo groups is 1. The number of amides is 1. The predicted octanol–water partition coefficient (Wildman–Crippen LogP) is 2.11. The van der Waals surface area contributed by atoms with Crippen molar-refractivity contribution < 1.29 is 9.28 Å². The lowest BCUT2D eigenvalue weighted by Crippen LogP contribution is -2.35. The van der Waals surface area contributed by atoms with Gasteiger partial charge < -0.3 is 4.48 Å². The second kappa shape index (κ2) is 6.67. The molecule has 0 aliphatic carbocycles. The summed E-state index contributed by atoms with van der Waals surface area (Å²) in [6, 6.07) is 0. The number of rotatable bonds is 6. The highest BCUT2D eigenvalue weighted by atomic mass is 16.1. The summed E-state index contributed by atoms with van der Waals surface area (Å²) in [4.78, 5) is 11.3. The van der Waals surface area contributed by atoms with Gasteiger partial charge in [0.2, 0.25) is 0 Å². The van der Waals surface area contributed by atoms with Crippen LogP contribution in [0.5, 0.6) is 0 Å². The van der Waals surface area contributed by atoms with Gasteiger partial charge in [0, 0.05) is 12.3 Å². The zero-order valence-corrected chi connectivity index (χ0v) is 10.7. The second-order valence-electron chi connectivity index (χ2n) is 4.98. The molecule has 0 spiro atoms. The van der Waals surface area contributed by atoms with Crippen LogP contribution >= 0.6 is 0 Å². The van der Waals surface area contributed by atoms with Gasteiger partial charge in [-0.2, -0.15) is 5.11 Å². The zero-order chi connectivity index (χ0) is 11.9. The van der Waals surface area contributed by atoms with Crippen LogP contribution in [0.4, 0.5) is 0 Å². The van der Waals surface area contributed by atoms with Gasteiger partial charge in [-0.15, -0.1) is 5.11 Å². The fourth-order valence-electron chi connectivity index (χ4n) is 1.01. The van der Waals surface area contributed by atoms with Gasteiger partial charge in [0.05, 0.1) is 34.2 Å². The molecule has 1 atom stereocenters. The number of quaternary nitrogens is 1. The summed E-state index contributed by atoms with van der Waals surface area (Å²) in [5.41, 5.74) is 0. The quantitative estimate of drug-likeness (QED) is 0.379. The fourth-order valence-corrected chi connectivity index (χ4v) is 1.01. The minimum absolute atomic E-state index is 0.00662. The lowest BCUT2D eigenvalue weighted by molar-refractivity contribution is -0.870. The maximum atomic E-state index is 11.3. The van der Waals surface area contributed by atoms with Gasteiger partial charge >= 0.3 is 0 Å². The molecule has 1 unspecified atom stereocenters. The first-order valence-corrected chi connectivity index (χ1v) is 5.58. The fraction of sp³-hybridized carbons (Fsp3) is 0.909. The number of carbonyl (C=O) groups excluding carboxylic acids is 1. The van der Waals surface area contributed by atoms with Gasteiger partial charge in [0.1, 0.15) is 0 Å². The molecule has 0 radical (unpaired) electrons. The molecular formula is C11H24N3O+. The van der Waals surface area contributed by atoms with Crippen molar-refractivity contribution in [3.8, 4) is 0 Å². The van der Waals surface area contributed by atoms with Crippen molar-refractivity contribution >= 4 is 5.91 Å². The third-order valence-electron chi connectivity index (χ3n) is 2.29. The molecule has 0 saturated heterocycles. The third kappa shape index (κ3) is 8.24. The Morgan fingerprint density at radius 1 is 1.33 bits per heavy atom. The van der Waals surface area contributed by atoms with E-state index in [4.69, 9.17) is 0 Å². The summed E-state index contributed by atoms with van der Waals surface area (Å²) in [5.74, 6) is -0.0881. The van der Waals surface area contributed by atoms with E-state index in [-0.39, 0.29) is 11.8 Å². The SMILES string of the molecule is CCC(C)C(=O)N=NCCC[N+](C)(C)C. The van der Waals surface area contributed by atoms with Crippen molar-refractivity contribution in [1.29, 1.82) is 0 Å². The largest absolute Gasteiger partial charge is 0.331 e. The summed E-state index contributed by atoms with van der Waals surface area (Å²) in [5, 5.41) is 7.60. The van der Waals surface area contributed by atoms with Crippen molar-refractivity contribution in [3.05, 3.63) is 0 Å². The van der Waals surface area contributed by atoms with Crippen LogP contribution in [0.2, 0.25) is 0 Å². The number of hydrogen-bond donors (Lipinski definition) is 0. The Bertz CT molecular complexity index is 218. The van der Waals surface area contributed by atoms with Crippen molar-refractivity contribution in [1.82, 2.24) is 0 Å². The monoisotopic (exact) mass is 214 g/mol. The standard InChI is InChI=1S/C11H24N3O/c1-6-10(2)11(15)13-12-8-7-9-14(3,4)5/h10H,6-9H2,1-5H3/q+1. The number of carbonyl (C=O) groups is 1. The highest BCUT2D eigenvalue weighted by molar-refractivity contribution is 5.78. The summed E-state index contributed by atoms with van der Waals surface area (Å²) >= 11 is 0. The molecule has 0 aromatic rings. The summed E-state index contributed by atoms with van der Waals surface area (Å²) in [7, 11) is 6.42. The van der Waals surface area contributed by atoms with E-state index in [1.165, 1.54) is 0 Å². The molecule has 0 aliphatic rings. The summed E-state index contributed by atoms with van der Waals surface area (Å²) in [6.45, 7) is 5.57. The Morgan fingerprint density at radius 3 is 2.40 bits per heavy atom. The molecule has 88 valence electrons. The maximum absolute atomic E-state index is 11.3. The summed E-state index contributed by atoms with van der Waals surface area (Å²) in [6.07, 6.45) is 1.80. The molecule has 0 fully saturated rings. The highest BCUT2D eigenvalue weighted by Gasteiger charge is 2.09. The van der Waals surface area contributed by atoms with Crippen LogP contribution in [0, 0.1) is 5.92 Å². The minimum atomic E-state index is -0.0947. The van der Waals surface area contributed by atoms with E-state index < -0.39 is 0 Å². The van der Waals surface area contributed by atoms with Crippen LogP contribution < -0.4 is 0 Å². The first kappa shape index (κ1) is 14.2. The molecule has 0 aromatic carbocycles. The first-order chi connectivity index (χ1) is 6.87. The predicted molar refractivity (Wildman–Crippen MR) is 61.7 cm³/mol. The van der Waals surface area contributed by atoms with E-state index in [0.29, 0.717) is 6.54 Å². The van der Waals surface area contributed by atoms with Gasteiger partial charge in [-0.05, 0) is 6.42 Å². The third-order valence-corrected chi connectivity index (χ3v) is 2.29. The average Bonchev–Trinajstić information content (AvgIpc) is 2.14. The Balaban J connectivity index is 3.68. The van der Waals surface area contributed by atoms with Crippen molar-refractivity contribution in [2.24, 2.45) is 16.1 Å². The van der Waals surface area contributed by atoms with E-state index in [1.807, 2.05) is 13.8 Å². The van der Waals surface area contributed by atoms with Gasteiger partial charge in [0.15, 0.2) is 0 Å². The minimum Gasteiger partial charge on any atom is -0.331 e. The Kier molecular flexibility index (Phi) is 6.32. The first-order valence-electron chi connectivity index (χ1n) is 5.58. The second-order valence-corrected chi connectivity index (χ2v) is 4.98. The van der Waals surface area contributed by atoms with E-state index >= 15 is 0 Å². The number of hydrogen-bond acceptors (Lipinski definition) is 2. The van der Waals surface area contributed by atoms with E-state index in [2.05, 4.69) is 31.4 Å². The zero-order valence-electron chi connectivity index (χ0n) is 10.7. The smallest absolute Gasteiger partial charge is 0.267 e. The molecule has 0 heterocycles. The van der Waals surface area contributed by atoms with E-state index in [0.717, 1.165) is 23.9 Å². The maximum Gasteiger partial charge on any atom is 0.267 e. The molecule has 0 saturated carbocycles. The molecule has 0 aromatic heterocycles. The van der Waals surface area contributed by atoms with Crippen molar-refractivity contribution in [2.45, 2.75) is 26.7 Å². The van der Waals surface area contributed by atoms with Crippen LogP contribution in [0.3, 0.4) is 0 Å². The molecule has 0 aliphatic heterocycles. The van der Waals surface area contributed by atoms with Gasteiger partial charge in [0.25, 0.3) is 5.91 Å². The Morgan fingerprint density at radius 2 is 1.93 bits per heavy atom. The average molecular weight is 214 g/mol. The number of nitrogens with zero attached hydrogens (tertiary/aromatic N) is 3. The molecular weight excluding hydrogens is 190 g/mol. The highest BCUT2D eigenvalue weighted by Crippen LogP contribution is 2.03. The van der Waals surface area contributed by atoms with Crippen LogP contribution in [0.1, 0.15) is 26.7 Å². The van der Waals surface area contributed by atoms with Crippen LogP contribution in [-0.2, 0) is 4.79 Å². The van der Waals surface area contributed by atoms with Gasteiger partial charge in [-0.1, -0.05) is 13.8 Å². The Hall–Kier alpha value is -0.770. The van der Waals surface area contributed by atoms with E-state index in [9.17, 15) is 4.79 Å². The Labute approximate surface area is 93.0 Å². The summed E-state index contributed by atoms with van der Waals surface area (Å²) < 4.78 is 0.925. The lowest BCUT2D eigenvalue weighted by atomic mass is 10.1. The molecule has 4 heteroatoms. The lowest BCUT2D eigenvalue weighted by Gasteiger charge is -2.22. The molecule has 15 heavy (non-hydrogen) atoms.